The zero-order valence-corrected chi connectivity index (χ0v) is 20.9. The van der Waals surface area contributed by atoms with Gasteiger partial charge in [0.25, 0.3) is 0 Å². The molecular formula is C30H24O5Ti. The number of rotatable bonds is 6. The first kappa shape index (κ1) is 28.1. The number of aliphatic hydroxyl groups is 2. The maximum absolute atomic E-state index is 11.8. The van der Waals surface area contributed by atoms with Crippen LogP contribution in [0.3, 0.4) is 0 Å². The van der Waals surface area contributed by atoms with E-state index in [0.717, 1.165) is 20.4 Å². The third-order valence-corrected chi connectivity index (χ3v) is 4.79. The summed E-state index contributed by atoms with van der Waals surface area (Å²) in [4.78, 5) is 23.6. The standard InChI is InChI=1S/2C15H12O2.O.Ti/c2*16-14(12-7-3-1-4-8-12)11-15(17)13-9-5-2-6-10-13;;/h2*1-11,16H;;/b2*14-11-;;. The molecule has 0 aliphatic carbocycles. The monoisotopic (exact) mass is 512 g/mol. The summed E-state index contributed by atoms with van der Waals surface area (Å²) in [6, 6.07) is 35.7. The third kappa shape index (κ3) is 9.22. The van der Waals surface area contributed by atoms with Crippen molar-refractivity contribution in [3.8, 4) is 0 Å². The van der Waals surface area contributed by atoms with Crippen molar-refractivity contribution in [2.75, 3.05) is 0 Å². The van der Waals surface area contributed by atoms with Crippen LogP contribution in [0.15, 0.2) is 133 Å². The Morgan fingerprint density at radius 3 is 0.917 bits per heavy atom. The van der Waals surface area contributed by atoms with Gasteiger partial charge in [-0.15, -0.1) is 0 Å². The van der Waals surface area contributed by atoms with E-state index in [-0.39, 0.29) is 23.1 Å². The van der Waals surface area contributed by atoms with Crippen LogP contribution in [-0.4, -0.2) is 21.8 Å². The molecule has 0 saturated heterocycles. The third-order valence-electron chi connectivity index (χ3n) is 4.79. The van der Waals surface area contributed by atoms with E-state index in [2.05, 4.69) is 0 Å². The Hall–Kier alpha value is -4.19. The molecule has 0 amide bonds. The van der Waals surface area contributed by atoms with Gasteiger partial charge in [-0.05, 0) is 0 Å². The summed E-state index contributed by atoms with van der Waals surface area (Å²) in [5.41, 5.74) is 2.40. The van der Waals surface area contributed by atoms with E-state index in [9.17, 15) is 19.8 Å². The number of ketones is 2. The first-order valence-electron chi connectivity index (χ1n) is 10.9. The van der Waals surface area contributed by atoms with Gasteiger partial charge in [0.15, 0.2) is 11.6 Å². The molecule has 0 aromatic heterocycles. The molecule has 0 saturated carbocycles. The number of hydrogen-bond acceptors (Lipinski definition) is 5. The van der Waals surface area contributed by atoms with E-state index in [1.807, 2.05) is 48.5 Å². The van der Waals surface area contributed by atoms with Gasteiger partial charge in [0, 0.05) is 34.4 Å². The number of hydrogen-bond donors (Lipinski definition) is 2. The average molecular weight is 512 g/mol. The Morgan fingerprint density at radius 2 is 0.667 bits per heavy atom. The summed E-state index contributed by atoms with van der Waals surface area (Å²) in [6.45, 7) is 0. The van der Waals surface area contributed by atoms with Crippen LogP contribution in [-0.2, 0) is 23.7 Å². The Labute approximate surface area is 221 Å². The summed E-state index contributed by atoms with van der Waals surface area (Å²) in [5.74, 6) is -0.433. The summed E-state index contributed by atoms with van der Waals surface area (Å²) in [5, 5.41) is 19.6. The van der Waals surface area contributed by atoms with E-state index >= 15 is 0 Å². The van der Waals surface area contributed by atoms with E-state index in [0.29, 0.717) is 22.3 Å². The maximum atomic E-state index is 11.8. The summed E-state index contributed by atoms with van der Waals surface area (Å²) < 4.78 is 8.25. The zero-order chi connectivity index (χ0) is 26.2. The van der Waals surface area contributed by atoms with Gasteiger partial charge in [-0.3, -0.25) is 9.59 Å². The molecular weight excluding hydrogens is 488 g/mol. The molecule has 0 unspecified atom stereocenters. The summed E-state index contributed by atoms with van der Waals surface area (Å²) in [7, 11) is 0. The molecule has 0 atom stereocenters. The molecule has 6 heteroatoms. The number of carbonyl (C=O) groups is 2. The normalized spacial score (nSPS) is 10.6. The average Bonchev–Trinajstić information content (AvgIpc) is 2.96. The van der Waals surface area contributed by atoms with E-state index in [4.69, 9.17) is 3.32 Å². The predicted octanol–water partition coefficient (Wildman–Crippen LogP) is 6.82. The molecule has 0 radical (unpaired) electrons. The van der Waals surface area contributed by atoms with Crippen LogP contribution in [0.2, 0.25) is 0 Å². The van der Waals surface area contributed by atoms with Gasteiger partial charge in [0.05, 0.1) is 0 Å². The van der Waals surface area contributed by atoms with E-state index < -0.39 is 0 Å². The molecule has 4 rings (SSSR count). The van der Waals surface area contributed by atoms with E-state index in [1.165, 1.54) is 12.2 Å². The molecule has 5 nitrogen and oxygen atoms in total. The quantitative estimate of drug-likeness (QED) is 0.128. The second-order valence-electron chi connectivity index (χ2n) is 7.25. The van der Waals surface area contributed by atoms with Gasteiger partial charge in [-0.1, -0.05) is 121 Å². The minimum absolute atomic E-state index is 0.0144. The topological polar surface area (TPSA) is 91.7 Å². The molecule has 0 spiro atoms. The minimum atomic E-state index is -0.202. The van der Waals surface area contributed by atoms with Crippen LogP contribution in [0.1, 0.15) is 31.8 Å². The van der Waals surface area contributed by atoms with Crippen LogP contribution in [0.5, 0.6) is 0 Å². The first-order valence-corrected chi connectivity index (χ1v) is 11.5. The van der Waals surface area contributed by atoms with Crippen molar-refractivity contribution in [3.63, 3.8) is 0 Å². The van der Waals surface area contributed by atoms with E-state index in [1.54, 1.807) is 72.8 Å². The van der Waals surface area contributed by atoms with Crippen molar-refractivity contribution in [3.05, 3.63) is 156 Å². The second kappa shape index (κ2) is 15.7. The number of benzene rings is 4. The van der Waals surface area contributed by atoms with Crippen LogP contribution >= 0.6 is 0 Å². The fourth-order valence-electron chi connectivity index (χ4n) is 3.00. The molecule has 4 aromatic carbocycles. The zero-order valence-electron chi connectivity index (χ0n) is 19.3. The molecule has 0 bridgehead atoms. The summed E-state index contributed by atoms with van der Waals surface area (Å²) in [6.07, 6.45) is 2.48. The van der Waals surface area contributed by atoms with Crippen LogP contribution in [0, 0.1) is 0 Å². The van der Waals surface area contributed by atoms with Crippen molar-refractivity contribution >= 4 is 23.1 Å². The fraction of sp³-hybridized carbons (Fsp3) is 0. The van der Waals surface area contributed by atoms with Crippen molar-refractivity contribution in [2.24, 2.45) is 0 Å². The molecule has 0 aliphatic heterocycles. The van der Waals surface area contributed by atoms with Gasteiger partial charge in [0.1, 0.15) is 11.5 Å². The van der Waals surface area contributed by atoms with Gasteiger partial charge < -0.3 is 10.2 Å². The Kier molecular flexibility index (Phi) is 12.2. The molecule has 178 valence electrons. The Balaban J connectivity index is 0.000000237. The predicted molar refractivity (Wildman–Crippen MR) is 136 cm³/mol. The molecule has 36 heavy (non-hydrogen) atoms. The fourth-order valence-corrected chi connectivity index (χ4v) is 3.00. The van der Waals surface area contributed by atoms with Crippen molar-refractivity contribution in [1.82, 2.24) is 0 Å². The Morgan fingerprint density at radius 1 is 0.444 bits per heavy atom. The van der Waals surface area contributed by atoms with Crippen molar-refractivity contribution in [2.45, 2.75) is 0 Å². The van der Waals surface area contributed by atoms with Crippen LogP contribution < -0.4 is 0 Å². The SMILES string of the molecule is O=C(/C=C(\O)c1ccccc1)c1ccccc1.O=C(/C=C(\O)c1ccccc1)c1ccccc1.[O]=[Ti]. The molecule has 4 aromatic rings. The van der Waals surface area contributed by atoms with Crippen molar-refractivity contribution < 1.29 is 43.5 Å². The Bertz CT molecular complexity index is 1180. The molecule has 0 aliphatic rings. The van der Waals surface area contributed by atoms with Crippen LogP contribution in [0.4, 0.5) is 0 Å². The van der Waals surface area contributed by atoms with Gasteiger partial charge >= 0.3 is 23.7 Å². The molecule has 0 fully saturated rings. The van der Waals surface area contributed by atoms with Crippen molar-refractivity contribution in [1.29, 1.82) is 0 Å². The molecule has 2 N–H and O–H groups in total. The van der Waals surface area contributed by atoms with Gasteiger partial charge in [-0.25, -0.2) is 0 Å². The molecule has 0 heterocycles. The number of allylic oxidation sites excluding steroid dienone is 2. The van der Waals surface area contributed by atoms with Gasteiger partial charge in [0.2, 0.25) is 0 Å². The number of aliphatic hydroxyl groups excluding tert-OH is 2. The number of carbonyl (C=O) groups excluding carboxylic acids is 2. The van der Waals surface area contributed by atoms with Crippen LogP contribution in [0.25, 0.3) is 11.5 Å². The summed E-state index contributed by atoms with van der Waals surface area (Å²) >= 11 is 0.750. The first-order chi connectivity index (χ1) is 17.5. The second-order valence-corrected chi connectivity index (χ2v) is 7.25. The van der Waals surface area contributed by atoms with Gasteiger partial charge in [-0.2, -0.15) is 0 Å².